The molecular formula is C20H19FN2O2. The third kappa shape index (κ3) is 3.48. The fraction of sp³-hybridized carbons (Fsp3) is 0.300. The lowest BCUT2D eigenvalue weighted by molar-refractivity contribution is 0.0998. The molecule has 1 saturated carbocycles. The van der Waals surface area contributed by atoms with Crippen molar-refractivity contribution < 1.29 is 13.9 Å². The summed E-state index contributed by atoms with van der Waals surface area (Å²) < 4.78 is 21.0. The van der Waals surface area contributed by atoms with Gasteiger partial charge in [-0.05, 0) is 37.0 Å². The maximum atomic E-state index is 15.3. The number of rotatable bonds is 4. The van der Waals surface area contributed by atoms with Gasteiger partial charge >= 0.3 is 0 Å². The predicted molar refractivity (Wildman–Crippen MR) is 92.0 cm³/mol. The van der Waals surface area contributed by atoms with Gasteiger partial charge < -0.3 is 10.5 Å². The number of hydrogen-bond donors (Lipinski definition) is 1. The van der Waals surface area contributed by atoms with Gasteiger partial charge in [0.05, 0.1) is 5.56 Å². The van der Waals surface area contributed by atoms with Crippen LogP contribution in [0.15, 0.2) is 36.4 Å². The number of carbonyl (C=O) groups is 1. The summed E-state index contributed by atoms with van der Waals surface area (Å²) in [7, 11) is 0. The van der Waals surface area contributed by atoms with Crippen LogP contribution in [0.4, 0.5) is 4.39 Å². The van der Waals surface area contributed by atoms with Gasteiger partial charge in [0.1, 0.15) is 11.8 Å². The second-order valence-corrected chi connectivity index (χ2v) is 6.25. The Balaban J connectivity index is 2.14. The molecule has 1 amide bonds. The first-order valence-electron chi connectivity index (χ1n) is 8.41. The summed E-state index contributed by atoms with van der Waals surface area (Å²) in [5, 5.41) is 9.38. The Morgan fingerprint density at radius 3 is 2.48 bits per heavy atom. The standard InChI is InChI=1S/C20H19FN2O2/c21-18-17(13-7-3-1-4-8-13)16(20(23)24)11-14(12-22)19(18)25-15-9-5-2-6-10-15/h2,5-6,9-11,13H,1,3-4,7-8H2,(H2,23,24). The molecule has 4 nitrogen and oxygen atoms in total. The summed E-state index contributed by atoms with van der Waals surface area (Å²) in [6.45, 7) is 0. The van der Waals surface area contributed by atoms with Gasteiger partial charge in [0.25, 0.3) is 0 Å². The zero-order valence-corrected chi connectivity index (χ0v) is 13.8. The van der Waals surface area contributed by atoms with Crippen LogP contribution in [-0.2, 0) is 0 Å². The number of amides is 1. The molecule has 1 aliphatic rings. The highest BCUT2D eigenvalue weighted by Gasteiger charge is 2.29. The van der Waals surface area contributed by atoms with Crippen molar-refractivity contribution in [3.8, 4) is 17.6 Å². The lowest BCUT2D eigenvalue weighted by Gasteiger charge is -2.25. The Bertz CT molecular complexity index is 822. The summed E-state index contributed by atoms with van der Waals surface area (Å²) in [5.41, 5.74) is 5.80. The lowest BCUT2D eigenvalue weighted by atomic mass is 9.81. The van der Waals surface area contributed by atoms with Crippen LogP contribution in [0.5, 0.6) is 11.5 Å². The SMILES string of the molecule is N#Cc1cc(C(N)=O)c(C2CCCCC2)c(F)c1Oc1ccccc1. The minimum atomic E-state index is -0.720. The molecule has 128 valence electrons. The van der Waals surface area contributed by atoms with Crippen molar-refractivity contribution in [1.82, 2.24) is 0 Å². The Labute approximate surface area is 146 Å². The first kappa shape index (κ1) is 17.0. The van der Waals surface area contributed by atoms with E-state index in [1.807, 2.05) is 12.1 Å². The Hall–Kier alpha value is -2.87. The van der Waals surface area contributed by atoms with Crippen molar-refractivity contribution in [1.29, 1.82) is 5.26 Å². The molecule has 3 rings (SSSR count). The average molecular weight is 338 g/mol. The van der Waals surface area contributed by atoms with E-state index in [1.165, 1.54) is 6.07 Å². The van der Waals surface area contributed by atoms with E-state index in [4.69, 9.17) is 10.5 Å². The number of primary amides is 1. The first-order valence-corrected chi connectivity index (χ1v) is 8.41. The van der Waals surface area contributed by atoms with Crippen molar-refractivity contribution in [2.24, 2.45) is 5.73 Å². The zero-order valence-electron chi connectivity index (χ0n) is 13.8. The largest absolute Gasteiger partial charge is 0.453 e. The van der Waals surface area contributed by atoms with Gasteiger partial charge in [-0.2, -0.15) is 5.26 Å². The molecule has 0 bridgehead atoms. The number of halogens is 1. The number of ether oxygens (including phenoxy) is 1. The third-order valence-corrected chi connectivity index (χ3v) is 4.62. The number of hydrogen-bond acceptors (Lipinski definition) is 3. The first-order chi connectivity index (χ1) is 12.1. The molecule has 0 aromatic heterocycles. The Morgan fingerprint density at radius 2 is 1.88 bits per heavy atom. The van der Waals surface area contributed by atoms with E-state index in [-0.39, 0.29) is 28.4 Å². The third-order valence-electron chi connectivity index (χ3n) is 4.62. The van der Waals surface area contributed by atoms with Crippen molar-refractivity contribution in [3.63, 3.8) is 0 Å². The molecule has 0 unspecified atom stereocenters. The molecular weight excluding hydrogens is 319 g/mol. The highest BCUT2D eigenvalue weighted by molar-refractivity contribution is 5.95. The van der Waals surface area contributed by atoms with Gasteiger partial charge in [-0.15, -0.1) is 0 Å². The summed E-state index contributed by atoms with van der Waals surface area (Å²) in [5.74, 6) is -1.16. The molecule has 0 aliphatic heterocycles. The number of carbonyl (C=O) groups excluding carboxylic acids is 1. The van der Waals surface area contributed by atoms with Crippen LogP contribution in [-0.4, -0.2) is 5.91 Å². The summed E-state index contributed by atoms with van der Waals surface area (Å²) in [6.07, 6.45) is 4.67. The molecule has 0 heterocycles. The van der Waals surface area contributed by atoms with Crippen LogP contribution in [0.1, 0.15) is 59.5 Å². The minimum absolute atomic E-state index is 0.0327. The van der Waals surface area contributed by atoms with E-state index in [0.29, 0.717) is 5.75 Å². The summed E-state index contributed by atoms with van der Waals surface area (Å²) >= 11 is 0. The highest BCUT2D eigenvalue weighted by atomic mass is 19.1. The molecule has 0 radical (unpaired) electrons. The second-order valence-electron chi connectivity index (χ2n) is 6.25. The number of nitrogens with zero attached hydrogens (tertiary/aromatic N) is 1. The number of para-hydroxylation sites is 1. The molecule has 0 spiro atoms. The van der Waals surface area contributed by atoms with Gasteiger partial charge in [-0.3, -0.25) is 4.79 Å². The maximum absolute atomic E-state index is 15.3. The number of nitriles is 1. The quantitative estimate of drug-likeness (QED) is 0.882. The Kier molecular flexibility index (Phi) is 4.99. The number of benzene rings is 2. The van der Waals surface area contributed by atoms with Gasteiger partial charge in [0.15, 0.2) is 11.6 Å². The molecule has 25 heavy (non-hydrogen) atoms. The van der Waals surface area contributed by atoms with Crippen LogP contribution in [0, 0.1) is 17.1 Å². The molecule has 1 fully saturated rings. The average Bonchev–Trinajstić information content (AvgIpc) is 2.64. The van der Waals surface area contributed by atoms with Gasteiger partial charge in [-0.1, -0.05) is 37.5 Å². The van der Waals surface area contributed by atoms with Crippen LogP contribution in [0.25, 0.3) is 0 Å². The van der Waals surface area contributed by atoms with Gasteiger partial charge in [-0.25, -0.2) is 4.39 Å². The van der Waals surface area contributed by atoms with E-state index < -0.39 is 11.7 Å². The Morgan fingerprint density at radius 1 is 1.20 bits per heavy atom. The van der Waals surface area contributed by atoms with Crippen molar-refractivity contribution >= 4 is 5.91 Å². The number of nitrogens with two attached hydrogens (primary N) is 1. The van der Waals surface area contributed by atoms with E-state index in [1.54, 1.807) is 24.3 Å². The van der Waals surface area contributed by atoms with E-state index >= 15 is 4.39 Å². The maximum Gasteiger partial charge on any atom is 0.249 e. The topological polar surface area (TPSA) is 76.1 Å². The van der Waals surface area contributed by atoms with Crippen LogP contribution in [0.2, 0.25) is 0 Å². The fourth-order valence-corrected chi connectivity index (χ4v) is 3.43. The van der Waals surface area contributed by atoms with E-state index in [0.717, 1.165) is 32.1 Å². The second kappa shape index (κ2) is 7.35. The van der Waals surface area contributed by atoms with Gasteiger partial charge in [0, 0.05) is 11.1 Å². The molecule has 0 saturated heterocycles. The van der Waals surface area contributed by atoms with E-state index in [9.17, 15) is 10.1 Å². The van der Waals surface area contributed by atoms with Crippen molar-refractivity contribution in [3.05, 3.63) is 58.9 Å². The monoisotopic (exact) mass is 338 g/mol. The minimum Gasteiger partial charge on any atom is -0.453 e. The molecule has 2 N–H and O–H groups in total. The lowest BCUT2D eigenvalue weighted by Crippen LogP contribution is -2.19. The fourth-order valence-electron chi connectivity index (χ4n) is 3.43. The predicted octanol–water partition coefficient (Wildman–Crippen LogP) is 4.64. The highest BCUT2D eigenvalue weighted by Crippen LogP contribution is 2.41. The summed E-state index contributed by atoms with van der Waals surface area (Å²) in [6, 6.07) is 12.0. The molecule has 2 aromatic carbocycles. The van der Waals surface area contributed by atoms with Gasteiger partial charge in [0.2, 0.25) is 5.91 Å². The van der Waals surface area contributed by atoms with Crippen molar-refractivity contribution in [2.75, 3.05) is 0 Å². The van der Waals surface area contributed by atoms with Crippen LogP contribution in [0.3, 0.4) is 0 Å². The van der Waals surface area contributed by atoms with Crippen LogP contribution >= 0.6 is 0 Å². The van der Waals surface area contributed by atoms with E-state index in [2.05, 4.69) is 0 Å². The van der Waals surface area contributed by atoms with Crippen molar-refractivity contribution in [2.45, 2.75) is 38.0 Å². The zero-order chi connectivity index (χ0) is 17.8. The smallest absolute Gasteiger partial charge is 0.249 e. The molecule has 1 aliphatic carbocycles. The molecule has 0 atom stereocenters. The van der Waals surface area contributed by atoms with Crippen LogP contribution < -0.4 is 10.5 Å². The molecule has 2 aromatic rings. The summed E-state index contributed by atoms with van der Waals surface area (Å²) in [4.78, 5) is 11.9. The molecule has 5 heteroatoms. The normalized spacial score (nSPS) is 14.7.